The molecule has 0 spiro atoms. The van der Waals surface area contributed by atoms with Crippen LogP contribution in [0, 0.1) is 0 Å². The van der Waals surface area contributed by atoms with Gasteiger partial charge in [0, 0.05) is 17.6 Å². The minimum absolute atomic E-state index is 0.435. The van der Waals surface area contributed by atoms with Crippen molar-refractivity contribution >= 4 is 29.4 Å². The molecule has 1 unspecified atom stereocenters. The first-order chi connectivity index (χ1) is 18.2. The van der Waals surface area contributed by atoms with E-state index >= 15 is 0 Å². The van der Waals surface area contributed by atoms with E-state index in [1.165, 1.54) is 5.17 Å². The maximum atomic E-state index is 12.8. The van der Waals surface area contributed by atoms with Gasteiger partial charge in [0.25, 0.3) is 0 Å². The van der Waals surface area contributed by atoms with Crippen LogP contribution < -0.4 is 10.3 Å². The molecule has 9 heteroatoms. The number of carboxylic acids is 1. The van der Waals surface area contributed by atoms with E-state index < -0.39 is 23.6 Å². The van der Waals surface area contributed by atoms with E-state index in [1.54, 1.807) is 32.0 Å². The molecule has 2 aliphatic rings. The highest BCUT2D eigenvalue weighted by Gasteiger charge is 2.51. The predicted molar refractivity (Wildman–Crippen MR) is 144 cm³/mol. The van der Waals surface area contributed by atoms with Crippen LogP contribution in [0.25, 0.3) is 11.1 Å². The number of anilines is 1. The SMILES string of the molecule is CC1=C(NC(=O)OC(C)c2ccccc2Cl)N(c2ccc(-c3ccc(C4(C(=O)O)CC4)cc3)cc2)N(C)O1. The van der Waals surface area contributed by atoms with Crippen LogP contribution in [0.1, 0.15) is 43.9 Å². The molecule has 8 nitrogen and oxygen atoms in total. The van der Waals surface area contributed by atoms with Crippen molar-refractivity contribution < 1.29 is 24.3 Å². The summed E-state index contributed by atoms with van der Waals surface area (Å²) >= 11 is 6.24. The molecule has 0 saturated heterocycles. The van der Waals surface area contributed by atoms with Gasteiger partial charge in [-0.1, -0.05) is 66.2 Å². The first-order valence-electron chi connectivity index (χ1n) is 12.3. The van der Waals surface area contributed by atoms with E-state index in [4.69, 9.17) is 21.2 Å². The van der Waals surface area contributed by atoms with Gasteiger partial charge < -0.3 is 14.7 Å². The van der Waals surface area contributed by atoms with Crippen molar-refractivity contribution in [2.45, 2.75) is 38.2 Å². The molecule has 1 fully saturated rings. The summed E-state index contributed by atoms with van der Waals surface area (Å²) in [6, 6.07) is 22.7. The number of alkyl carbamates (subject to hydrolysis) is 1. The third-order valence-corrected chi connectivity index (χ3v) is 7.33. The fourth-order valence-corrected chi connectivity index (χ4v) is 4.98. The molecule has 1 aliphatic heterocycles. The summed E-state index contributed by atoms with van der Waals surface area (Å²) in [6.45, 7) is 3.51. The third kappa shape index (κ3) is 4.80. The lowest BCUT2D eigenvalue weighted by Gasteiger charge is -2.26. The van der Waals surface area contributed by atoms with Crippen LogP contribution in [0.5, 0.6) is 0 Å². The number of ether oxygens (including phenoxy) is 1. The summed E-state index contributed by atoms with van der Waals surface area (Å²) in [6.07, 6.45) is 0.172. The van der Waals surface area contributed by atoms with Crippen LogP contribution in [0.15, 0.2) is 84.4 Å². The van der Waals surface area contributed by atoms with E-state index in [0.29, 0.717) is 35.0 Å². The van der Waals surface area contributed by atoms with Gasteiger partial charge in [0.1, 0.15) is 6.10 Å². The van der Waals surface area contributed by atoms with Gasteiger partial charge in [-0.05, 0) is 66.8 Å². The Morgan fingerprint density at radius 2 is 1.63 bits per heavy atom. The van der Waals surface area contributed by atoms with Gasteiger partial charge in [-0.3, -0.25) is 10.1 Å². The molecular formula is C29H28ClN3O5. The van der Waals surface area contributed by atoms with Gasteiger partial charge in [0.15, 0.2) is 11.6 Å². The summed E-state index contributed by atoms with van der Waals surface area (Å²) < 4.78 is 5.57. The number of benzene rings is 3. The molecule has 3 aromatic carbocycles. The summed E-state index contributed by atoms with van der Waals surface area (Å²) in [7, 11) is 1.73. The Bertz CT molecular complexity index is 1400. The largest absolute Gasteiger partial charge is 0.481 e. The Morgan fingerprint density at radius 1 is 1.03 bits per heavy atom. The zero-order valence-electron chi connectivity index (χ0n) is 21.3. The molecule has 0 radical (unpaired) electrons. The van der Waals surface area contributed by atoms with Crippen molar-refractivity contribution in [3.63, 3.8) is 0 Å². The van der Waals surface area contributed by atoms with E-state index in [2.05, 4.69) is 5.32 Å². The summed E-state index contributed by atoms with van der Waals surface area (Å²) in [5, 5.41) is 16.1. The number of hydrogen-bond acceptors (Lipinski definition) is 6. The number of carbonyl (C=O) groups is 2. The smallest absolute Gasteiger partial charge is 0.413 e. The molecule has 0 bridgehead atoms. The number of carboxylic acid groups (broad SMARTS) is 1. The standard InChI is InChI=1S/C29H28ClN3O5/c1-18(24-6-4-5-7-25(24)30)37-28(36)31-26-19(2)38-32(3)33(26)23-14-10-21(11-15-23)20-8-12-22(13-9-20)29(16-17-29)27(34)35/h4-15,18H,16-17H2,1-3H3,(H,31,36)(H,34,35). The highest BCUT2D eigenvalue weighted by molar-refractivity contribution is 6.31. The molecule has 1 saturated carbocycles. The molecule has 1 amide bonds. The van der Waals surface area contributed by atoms with Gasteiger partial charge in [-0.25, -0.2) is 9.80 Å². The van der Waals surface area contributed by atoms with Crippen molar-refractivity contribution in [3.8, 4) is 11.1 Å². The molecule has 1 atom stereocenters. The minimum Gasteiger partial charge on any atom is -0.481 e. The van der Waals surface area contributed by atoms with E-state index in [-0.39, 0.29) is 0 Å². The van der Waals surface area contributed by atoms with E-state index in [1.807, 2.05) is 66.7 Å². The number of aliphatic carboxylic acids is 1. The van der Waals surface area contributed by atoms with Crippen molar-refractivity contribution in [3.05, 3.63) is 101 Å². The third-order valence-electron chi connectivity index (χ3n) is 6.99. The number of halogens is 1. The second-order valence-electron chi connectivity index (χ2n) is 9.48. The number of carbonyl (C=O) groups excluding carboxylic acids is 1. The molecule has 2 N–H and O–H groups in total. The molecule has 38 heavy (non-hydrogen) atoms. The summed E-state index contributed by atoms with van der Waals surface area (Å²) in [5.74, 6) is 0.174. The second-order valence-corrected chi connectivity index (χ2v) is 9.88. The van der Waals surface area contributed by atoms with Gasteiger partial charge >= 0.3 is 12.1 Å². The first kappa shape index (κ1) is 25.6. The quantitative estimate of drug-likeness (QED) is 0.363. The zero-order chi connectivity index (χ0) is 27.0. The Balaban J connectivity index is 1.29. The molecule has 1 aliphatic carbocycles. The van der Waals surface area contributed by atoms with Crippen LogP contribution >= 0.6 is 11.6 Å². The molecule has 0 aromatic heterocycles. The topological polar surface area (TPSA) is 91.3 Å². The average molecular weight is 534 g/mol. The molecular weight excluding hydrogens is 506 g/mol. The lowest BCUT2D eigenvalue weighted by atomic mass is 9.94. The summed E-state index contributed by atoms with van der Waals surface area (Å²) in [5.41, 5.74) is 3.56. The second kappa shape index (κ2) is 10.0. The molecule has 196 valence electrons. The van der Waals surface area contributed by atoms with Crippen molar-refractivity contribution in [2.24, 2.45) is 0 Å². The number of nitrogens with one attached hydrogen (secondary N) is 1. The number of amides is 1. The van der Waals surface area contributed by atoms with E-state index in [0.717, 1.165) is 22.4 Å². The Morgan fingerprint density at radius 3 is 2.21 bits per heavy atom. The number of hydrogen-bond donors (Lipinski definition) is 2. The van der Waals surface area contributed by atoms with Crippen molar-refractivity contribution in [1.29, 1.82) is 0 Å². The number of hydrazine groups is 1. The average Bonchev–Trinajstić information content (AvgIpc) is 3.66. The monoisotopic (exact) mass is 533 g/mol. The first-order valence-corrected chi connectivity index (χ1v) is 12.7. The number of hydroxylamine groups is 1. The van der Waals surface area contributed by atoms with Gasteiger partial charge in [0.2, 0.25) is 0 Å². The molecule has 1 heterocycles. The fourth-order valence-electron chi connectivity index (χ4n) is 4.69. The Kier molecular flexibility index (Phi) is 6.77. The van der Waals surface area contributed by atoms with Crippen LogP contribution in [0.2, 0.25) is 5.02 Å². The van der Waals surface area contributed by atoms with Crippen LogP contribution in [0.4, 0.5) is 10.5 Å². The summed E-state index contributed by atoms with van der Waals surface area (Å²) in [4.78, 5) is 30.1. The highest BCUT2D eigenvalue weighted by atomic mass is 35.5. The molecule has 5 rings (SSSR count). The van der Waals surface area contributed by atoms with E-state index in [9.17, 15) is 14.7 Å². The van der Waals surface area contributed by atoms with Gasteiger partial charge in [-0.2, -0.15) is 0 Å². The Hall–Kier alpha value is -4.01. The highest BCUT2D eigenvalue weighted by Crippen LogP contribution is 2.48. The van der Waals surface area contributed by atoms with Gasteiger partial charge in [-0.15, -0.1) is 0 Å². The minimum atomic E-state index is -0.762. The maximum Gasteiger partial charge on any atom is 0.413 e. The lowest BCUT2D eigenvalue weighted by Crippen LogP contribution is -2.40. The van der Waals surface area contributed by atoms with Gasteiger partial charge in [0.05, 0.1) is 11.1 Å². The number of allylic oxidation sites excluding steroid dienone is 1. The molecule has 3 aromatic rings. The predicted octanol–water partition coefficient (Wildman–Crippen LogP) is 6.40. The Labute approximate surface area is 226 Å². The normalized spacial score (nSPS) is 17.1. The fraction of sp³-hybridized carbons (Fsp3) is 0.241. The van der Waals surface area contributed by atoms with Crippen LogP contribution in [-0.4, -0.2) is 29.4 Å². The zero-order valence-corrected chi connectivity index (χ0v) is 22.0. The van der Waals surface area contributed by atoms with Crippen molar-refractivity contribution in [2.75, 3.05) is 12.1 Å². The van der Waals surface area contributed by atoms with Crippen LogP contribution in [0.3, 0.4) is 0 Å². The number of rotatable bonds is 7. The van der Waals surface area contributed by atoms with Crippen LogP contribution in [-0.2, 0) is 19.8 Å². The lowest BCUT2D eigenvalue weighted by molar-refractivity contribution is -0.140. The van der Waals surface area contributed by atoms with Crippen molar-refractivity contribution in [1.82, 2.24) is 10.5 Å². The number of nitrogens with zero attached hydrogens (tertiary/aromatic N) is 2. The maximum absolute atomic E-state index is 12.8.